The van der Waals surface area contributed by atoms with Crippen LogP contribution in [0.2, 0.25) is 0 Å². The summed E-state index contributed by atoms with van der Waals surface area (Å²) in [6.07, 6.45) is 8.22. The van der Waals surface area contributed by atoms with E-state index in [0.717, 1.165) is 26.1 Å². The van der Waals surface area contributed by atoms with Gasteiger partial charge < -0.3 is 4.57 Å². The van der Waals surface area contributed by atoms with Gasteiger partial charge in [-0.25, -0.2) is 4.98 Å². The van der Waals surface area contributed by atoms with Crippen molar-refractivity contribution in [3.63, 3.8) is 0 Å². The fraction of sp³-hybridized carbons (Fsp3) is 0.462. The van der Waals surface area contributed by atoms with E-state index in [1.54, 1.807) is 6.20 Å². The number of hydrogen-bond acceptors (Lipinski definition) is 4. The van der Waals surface area contributed by atoms with Crippen molar-refractivity contribution in [2.24, 2.45) is 7.05 Å². The van der Waals surface area contributed by atoms with Crippen molar-refractivity contribution >= 4 is 0 Å². The van der Waals surface area contributed by atoms with Crippen molar-refractivity contribution in [2.75, 3.05) is 19.6 Å². The van der Waals surface area contributed by atoms with E-state index in [2.05, 4.69) is 25.6 Å². The Balaban J connectivity index is 1.48. The third-order valence-corrected chi connectivity index (χ3v) is 3.64. The van der Waals surface area contributed by atoms with Gasteiger partial charge in [-0.1, -0.05) is 0 Å². The quantitative estimate of drug-likeness (QED) is 0.803. The Morgan fingerprint density at radius 2 is 2.26 bits per heavy atom. The Bertz CT molecular complexity index is 599. The Morgan fingerprint density at radius 1 is 1.42 bits per heavy atom. The average molecular weight is 256 g/mol. The number of likely N-dealkylation sites (tertiary alicyclic amines) is 1. The number of aryl methyl sites for hydroxylation is 1. The molecule has 0 radical (unpaired) electrons. The molecule has 0 N–H and O–H groups in total. The molecule has 1 aliphatic rings. The summed E-state index contributed by atoms with van der Waals surface area (Å²) < 4.78 is 3.96. The molecule has 0 spiro atoms. The molecule has 1 fully saturated rings. The lowest BCUT2D eigenvalue weighted by Crippen LogP contribution is -2.48. The van der Waals surface area contributed by atoms with Gasteiger partial charge in [-0.2, -0.15) is 10.4 Å². The first-order valence-electron chi connectivity index (χ1n) is 6.38. The third-order valence-electron chi connectivity index (χ3n) is 3.64. The lowest BCUT2D eigenvalue weighted by molar-refractivity contribution is 0.0996. The van der Waals surface area contributed by atoms with E-state index in [1.165, 1.54) is 5.69 Å². The molecule has 0 atom stereocenters. The normalized spacial score (nSPS) is 16.2. The van der Waals surface area contributed by atoms with Crippen LogP contribution in [0.4, 0.5) is 0 Å². The van der Waals surface area contributed by atoms with Crippen LogP contribution in [0, 0.1) is 11.3 Å². The number of rotatable bonds is 4. The van der Waals surface area contributed by atoms with Crippen molar-refractivity contribution in [3.8, 4) is 6.07 Å². The third kappa shape index (κ3) is 2.37. The number of hydrogen-bond donors (Lipinski definition) is 0. The van der Waals surface area contributed by atoms with E-state index >= 15 is 0 Å². The van der Waals surface area contributed by atoms with Crippen molar-refractivity contribution < 1.29 is 0 Å². The number of nitriles is 1. The predicted molar refractivity (Wildman–Crippen MR) is 69.3 cm³/mol. The molecule has 0 unspecified atom stereocenters. The Kier molecular flexibility index (Phi) is 3.05. The molecule has 0 amide bonds. The molecular formula is C13H16N6. The number of imidazole rings is 1. The van der Waals surface area contributed by atoms with Crippen LogP contribution in [-0.2, 0) is 13.5 Å². The van der Waals surface area contributed by atoms with Gasteiger partial charge in [0.25, 0.3) is 0 Å². The van der Waals surface area contributed by atoms with Crippen LogP contribution in [0.25, 0.3) is 0 Å². The van der Waals surface area contributed by atoms with Crippen LogP contribution in [0.5, 0.6) is 0 Å². The van der Waals surface area contributed by atoms with Crippen LogP contribution in [0.15, 0.2) is 24.9 Å². The van der Waals surface area contributed by atoms with E-state index in [9.17, 15) is 0 Å². The second kappa shape index (κ2) is 4.86. The lowest BCUT2D eigenvalue weighted by Gasteiger charge is -2.39. The topological polar surface area (TPSA) is 62.7 Å². The second-order valence-electron chi connectivity index (χ2n) is 4.98. The van der Waals surface area contributed by atoms with Crippen LogP contribution < -0.4 is 0 Å². The molecule has 98 valence electrons. The molecule has 0 aliphatic carbocycles. The molecule has 0 saturated carbocycles. The zero-order valence-electron chi connectivity index (χ0n) is 10.9. The molecule has 2 aromatic rings. The van der Waals surface area contributed by atoms with Crippen LogP contribution in [0.3, 0.4) is 0 Å². The van der Waals surface area contributed by atoms with E-state index in [-0.39, 0.29) is 0 Å². The molecule has 2 aromatic heterocycles. The maximum absolute atomic E-state index is 8.77. The van der Waals surface area contributed by atoms with Crippen molar-refractivity contribution in [2.45, 2.75) is 12.5 Å². The predicted octanol–water partition coefficient (Wildman–Crippen LogP) is 0.588. The van der Waals surface area contributed by atoms with Crippen molar-refractivity contribution in [3.05, 3.63) is 36.2 Å². The number of aromatic nitrogens is 4. The Labute approximate surface area is 111 Å². The van der Waals surface area contributed by atoms with Gasteiger partial charge in [0.05, 0.1) is 24.1 Å². The summed E-state index contributed by atoms with van der Waals surface area (Å²) in [4.78, 5) is 6.51. The molecule has 3 heterocycles. The van der Waals surface area contributed by atoms with E-state index in [1.807, 2.05) is 30.5 Å². The van der Waals surface area contributed by atoms with E-state index in [0.29, 0.717) is 11.6 Å². The molecule has 1 saturated heterocycles. The van der Waals surface area contributed by atoms with Gasteiger partial charge >= 0.3 is 0 Å². The minimum Gasteiger partial charge on any atom is -0.338 e. The minimum atomic E-state index is 0.411. The first-order chi connectivity index (χ1) is 9.26. The van der Waals surface area contributed by atoms with Crippen molar-refractivity contribution in [1.29, 1.82) is 5.26 Å². The largest absolute Gasteiger partial charge is 0.338 e. The monoisotopic (exact) mass is 256 g/mol. The maximum Gasteiger partial charge on any atom is 0.102 e. The zero-order chi connectivity index (χ0) is 13.2. The van der Waals surface area contributed by atoms with Crippen LogP contribution in [0.1, 0.15) is 17.3 Å². The van der Waals surface area contributed by atoms with Gasteiger partial charge in [-0.15, -0.1) is 0 Å². The highest BCUT2D eigenvalue weighted by atomic mass is 15.4. The highest BCUT2D eigenvalue weighted by Gasteiger charge is 2.28. The summed E-state index contributed by atoms with van der Waals surface area (Å²) in [6, 6.07) is 2.52. The smallest absolute Gasteiger partial charge is 0.102 e. The first-order valence-corrected chi connectivity index (χ1v) is 6.38. The molecular weight excluding hydrogens is 240 g/mol. The SMILES string of the molecule is Cn1cncc1CCN1CC(n2cc(C#N)cn2)C1. The molecule has 19 heavy (non-hydrogen) atoms. The molecule has 0 aromatic carbocycles. The fourth-order valence-electron chi connectivity index (χ4n) is 2.39. The van der Waals surface area contributed by atoms with Gasteiger partial charge in [-0.3, -0.25) is 9.58 Å². The number of nitrogens with zero attached hydrogens (tertiary/aromatic N) is 6. The zero-order valence-corrected chi connectivity index (χ0v) is 10.9. The molecule has 6 nitrogen and oxygen atoms in total. The molecule has 3 rings (SSSR count). The van der Waals surface area contributed by atoms with E-state index in [4.69, 9.17) is 5.26 Å². The average Bonchev–Trinajstić information content (AvgIpc) is 2.97. The van der Waals surface area contributed by atoms with Gasteiger partial charge in [-0.05, 0) is 0 Å². The van der Waals surface area contributed by atoms with Gasteiger partial charge in [0, 0.05) is 51.2 Å². The lowest BCUT2D eigenvalue weighted by atomic mass is 10.1. The van der Waals surface area contributed by atoms with Gasteiger partial charge in [0.2, 0.25) is 0 Å². The first kappa shape index (κ1) is 11.9. The summed E-state index contributed by atoms with van der Waals surface area (Å²) in [6.45, 7) is 3.05. The van der Waals surface area contributed by atoms with Crippen LogP contribution in [-0.4, -0.2) is 43.9 Å². The van der Waals surface area contributed by atoms with Gasteiger partial charge in [0.1, 0.15) is 6.07 Å². The highest BCUT2D eigenvalue weighted by molar-refractivity contribution is 5.22. The standard InChI is InChI=1S/C13H16N6/c1-17-10-15-6-12(17)2-3-18-8-13(9-18)19-7-11(4-14)5-16-19/h5-7,10,13H,2-3,8-9H2,1H3. The summed E-state index contributed by atoms with van der Waals surface area (Å²) in [5.74, 6) is 0. The van der Waals surface area contributed by atoms with Crippen molar-refractivity contribution in [1.82, 2.24) is 24.2 Å². The summed E-state index contributed by atoms with van der Waals surface area (Å²) in [5.41, 5.74) is 1.89. The second-order valence-corrected chi connectivity index (χ2v) is 4.98. The molecule has 1 aliphatic heterocycles. The highest BCUT2D eigenvalue weighted by Crippen LogP contribution is 2.20. The van der Waals surface area contributed by atoms with Crippen LogP contribution >= 0.6 is 0 Å². The maximum atomic E-state index is 8.77. The summed E-state index contributed by atoms with van der Waals surface area (Å²) in [5, 5.41) is 13.0. The van der Waals surface area contributed by atoms with Gasteiger partial charge in [0.15, 0.2) is 0 Å². The van der Waals surface area contributed by atoms with E-state index < -0.39 is 0 Å². The Morgan fingerprint density at radius 3 is 2.89 bits per heavy atom. The minimum absolute atomic E-state index is 0.411. The molecule has 6 heteroatoms. The molecule has 0 bridgehead atoms. The Hall–Kier alpha value is -2.13. The fourth-order valence-corrected chi connectivity index (χ4v) is 2.39. The summed E-state index contributed by atoms with van der Waals surface area (Å²) >= 11 is 0. The summed E-state index contributed by atoms with van der Waals surface area (Å²) in [7, 11) is 2.02.